The second kappa shape index (κ2) is 16.0. The highest BCUT2D eigenvalue weighted by atomic mass is 19.4. The summed E-state index contributed by atoms with van der Waals surface area (Å²) < 4.78 is 230. The highest BCUT2D eigenvalue weighted by Crippen LogP contribution is 2.60. The number of unbranched alkanes of at least 4 members (excludes halogenated alkanes) is 6. The Kier molecular flexibility index (Phi) is 12.4. The van der Waals surface area contributed by atoms with Gasteiger partial charge in [-0.1, -0.05) is 69.9 Å². The van der Waals surface area contributed by atoms with E-state index < -0.39 is 77.1 Å². The lowest BCUT2D eigenvalue weighted by molar-refractivity contribution is -0.440. The molecule has 1 aliphatic carbocycles. The van der Waals surface area contributed by atoms with E-state index in [1.807, 2.05) is 0 Å². The smallest absolute Gasteiger partial charge is 0.460 e. The molecule has 1 aromatic heterocycles. The van der Waals surface area contributed by atoms with Gasteiger partial charge in [-0.25, -0.2) is 14.4 Å². The van der Waals surface area contributed by atoms with Crippen molar-refractivity contribution in [2.45, 2.75) is 118 Å². The number of rotatable bonds is 19. The van der Waals surface area contributed by atoms with Crippen molar-refractivity contribution < 1.29 is 79.7 Å². The molecule has 2 heterocycles. The predicted molar refractivity (Wildman–Crippen MR) is 172 cm³/mol. The van der Waals surface area contributed by atoms with Gasteiger partial charge in [-0.3, -0.25) is 0 Å². The first-order valence-electron chi connectivity index (χ1n) is 17.8. The summed E-state index contributed by atoms with van der Waals surface area (Å²) in [7, 11) is 0. The summed E-state index contributed by atoms with van der Waals surface area (Å²) in [4.78, 5) is 7.95. The summed E-state index contributed by atoms with van der Waals surface area (Å²) in [6.07, 6.45) is 3.53. The Hall–Kier alpha value is -4.00. The number of fused-ring (bicyclic) bond motifs is 1. The van der Waals surface area contributed by atoms with Gasteiger partial charge in [0.15, 0.2) is 18.5 Å². The van der Waals surface area contributed by atoms with Crippen molar-refractivity contribution in [2.24, 2.45) is 5.92 Å². The van der Waals surface area contributed by atoms with Gasteiger partial charge in [0.05, 0.1) is 5.56 Å². The van der Waals surface area contributed by atoms with E-state index in [1.54, 1.807) is 0 Å². The molecule has 3 aromatic rings. The van der Waals surface area contributed by atoms with Crippen LogP contribution in [0.3, 0.4) is 0 Å². The number of hydrogen-bond acceptors (Lipinski definition) is 4. The Morgan fingerprint density at radius 2 is 1.16 bits per heavy atom. The van der Waals surface area contributed by atoms with Crippen LogP contribution in [0.2, 0.25) is 0 Å². The summed E-state index contributed by atoms with van der Waals surface area (Å²) in [5, 5.41) is 0. The van der Waals surface area contributed by atoms with Crippen molar-refractivity contribution in [1.29, 1.82) is 0 Å². The lowest BCUT2D eigenvalue weighted by Gasteiger charge is -2.39. The molecule has 1 atom stereocenters. The molecule has 1 fully saturated rings. The molecule has 1 unspecified atom stereocenters. The normalized spacial score (nSPS) is 17.7. The number of ether oxygens (including phenoxy) is 2. The third kappa shape index (κ3) is 8.59. The minimum Gasteiger partial charge on any atom is -0.487 e. The highest BCUT2D eigenvalue weighted by molar-refractivity contribution is 5.66. The van der Waals surface area contributed by atoms with Crippen molar-refractivity contribution in [3.8, 4) is 34.0 Å². The van der Waals surface area contributed by atoms with Crippen molar-refractivity contribution in [1.82, 2.24) is 9.97 Å². The highest BCUT2D eigenvalue weighted by Gasteiger charge is 2.90. The van der Waals surface area contributed by atoms with Crippen LogP contribution in [0.15, 0.2) is 48.8 Å². The first-order valence-corrected chi connectivity index (χ1v) is 17.8. The van der Waals surface area contributed by atoms with Gasteiger partial charge in [0.25, 0.3) is 0 Å². The van der Waals surface area contributed by atoms with Crippen molar-refractivity contribution in [3.63, 3.8) is 0 Å². The van der Waals surface area contributed by atoms with Crippen LogP contribution < -0.4 is 9.47 Å². The summed E-state index contributed by atoms with van der Waals surface area (Å²) in [6.45, 7) is -2.88. The molecule has 57 heavy (non-hydrogen) atoms. The quantitative estimate of drug-likeness (QED) is 0.0891. The number of benzene rings is 2. The SMILES string of the molecule is Fc1c(-c2ncc(-c3ccc(OCC(F)(F)C(F)(F)C(F)(F)C(F)(F)C(F)(F)C(F)(F)F)cc3)cn2)ccc2c1C(F)(F)C(CCCCCCCCCC1CC1)O2. The molecular weight excluding hydrogens is 808 g/mol. The number of halogens is 16. The van der Waals surface area contributed by atoms with Gasteiger partial charge in [-0.15, -0.1) is 0 Å². The molecule has 0 radical (unpaired) electrons. The fourth-order valence-corrected chi connectivity index (χ4v) is 6.25. The largest absolute Gasteiger partial charge is 0.487 e. The van der Waals surface area contributed by atoms with Crippen LogP contribution in [-0.4, -0.2) is 58.5 Å². The first kappa shape index (κ1) is 44.1. The Morgan fingerprint density at radius 3 is 1.70 bits per heavy atom. The van der Waals surface area contributed by atoms with Crippen LogP contribution >= 0.6 is 0 Å². The fourth-order valence-electron chi connectivity index (χ4n) is 6.25. The van der Waals surface area contributed by atoms with E-state index in [9.17, 15) is 57.1 Å². The number of hydrogen-bond donors (Lipinski definition) is 0. The van der Waals surface area contributed by atoms with Gasteiger partial charge in [0, 0.05) is 18.0 Å². The van der Waals surface area contributed by atoms with Crippen molar-refractivity contribution in [2.75, 3.05) is 6.61 Å². The van der Waals surface area contributed by atoms with Crippen LogP contribution in [0.5, 0.6) is 11.5 Å². The molecule has 2 aliphatic rings. The van der Waals surface area contributed by atoms with Gasteiger partial charge in [-0.05, 0) is 48.6 Å². The van der Waals surface area contributed by atoms with E-state index in [0.717, 1.165) is 80.7 Å². The Balaban J connectivity index is 1.18. The lowest BCUT2D eigenvalue weighted by atomic mass is 9.94. The summed E-state index contributed by atoms with van der Waals surface area (Å²) >= 11 is 0. The maximum atomic E-state index is 15.6. The van der Waals surface area contributed by atoms with E-state index >= 15 is 13.2 Å². The molecule has 0 amide bonds. The number of nitrogens with zero attached hydrogens (tertiary/aromatic N) is 2. The minimum absolute atomic E-state index is 0.00375. The zero-order valence-electron chi connectivity index (χ0n) is 29.5. The van der Waals surface area contributed by atoms with E-state index in [2.05, 4.69) is 14.7 Å². The zero-order chi connectivity index (χ0) is 42.2. The molecule has 1 saturated carbocycles. The molecule has 0 bridgehead atoms. The van der Waals surface area contributed by atoms with E-state index in [-0.39, 0.29) is 29.1 Å². The van der Waals surface area contributed by atoms with Crippen LogP contribution in [0, 0.1) is 11.7 Å². The van der Waals surface area contributed by atoms with Crippen molar-refractivity contribution >= 4 is 0 Å². The fraction of sp³-hybridized carbons (Fsp3) is 0.568. The third-order valence-electron chi connectivity index (χ3n) is 9.89. The third-order valence-corrected chi connectivity index (χ3v) is 9.89. The summed E-state index contributed by atoms with van der Waals surface area (Å²) in [5.41, 5.74) is -1.10. The van der Waals surface area contributed by atoms with Crippen LogP contribution in [-0.2, 0) is 5.92 Å². The molecule has 316 valence electrons. The number of alkyl halides is 15. The Labute approximate surface area is 315 Å². The molecule has 2 aromatic carbocycles. The maximum absolute atomic E-state index is 15.6. The summed E-state index contributed by atoms with van der Waals surface area (Å²) in [6, 6.07) is 5.90. The van der Waals surface area contributed by atoms with Gasteiger partial charge in [0.1, 0.15) is 22.9 Å². The molecule has 0 N–H and O–H groups in total. The van der Waals surface area contributed by atoms with E-state index in [1.165, 1.54) is 31.7 Å². The molecule has 1 aliphatic heterocycles. The average molecular weight is 843 g/mol. The second-order valence-corrected chi connectivity index (χ2v) is 14.1. The van der Waals surface area contributed by atoms with Gasteiger partial charge < -0.3 is 9.47 Å². The standard InChI is InChI=1S/C37H34F16N2O2/c38-29-25(16-17-26-28(29)32(41,42)27(57-26)9-7-5-3-1-2-4-6-8-21-10-11-21)30-54-18-23(19-55-30)22-12-14-24(15-13-22)56-20-31(39,40)33(43,44)34(45,46)35(47,48)36(49,50)37(51,52)53/h12-19,21,27H,1-11,20H2. The molecular formula is C37H34F16N2O2. The van der Waals surface area contributed by atoms with Gasteiger partial charge in [-0.2, -0.15) is 65.9 Å². The van der Waals surface area contributed by atoms with Crippen LogP contribution in [0.1, 0.15) is 76.2 Å². The molecule has 0 spiro atoms. The molecule has 5 rings (SSSR count). The molecule has 4 nitrogen and oxygen atoms in total. The molecule has 20 heteroatoms. The van der Waals surface area contributed by atoms with Crippen LogP contribution in [0.25, 0.3) is 22.5 Å². The summed E-state index contributed by atoms with van der Waals surface area (Å²) in [5.74, 6) is -43.2. The topological polar surface area (TPSA) is 44.2 Å². The van der Waals surface area contributed by atoms with Crippen molar-refractivity contribution in [3.05, 3.63) is 60.2 Å². The van der Waals surface area contributed by atoms with Gasteiger partial charge >= 0.3 is 41.7 Å². The average Bonchev–Trinajstić information content (AvgIpc) is 3.92. The Bertz CT molecular complexity index is 1830. The number of aromatic nitrogens is 2. The zero-order valence-corrected chi connectivity index (χ0v) is 29.5. The molecule has 0 saturated heterocycles. The van der Waals surface area contributed by atoms with E-state index in [4.69, 9.17) is 4.74 Å². The Morgan fingerprint density at radius 1 is 0.632 bits per heavy atom. The first-order chi connectivity index (χ1) is 26.4. The van der Waals surface area contributed by atoms with Crippen LogP contribution in [0.4, 0.5) is 70.2 Å². The predicted octanol–water partition coefficient (Wildman–Crippen LogP) is 12.8. The lowest BCUT2D eigenvalue weighted by Crippen LogP contribution is -2.70. The van der Waals surface area contributed by atoms with E-state index in [0.29, 0.717) is 6.42 Å². The minimum atomic E-state index is -8.02. The monoisotopic (exact) mass is 842 g/mol. The maximum Gasteiger partial charge on any atom is 0.460 e. The second-order valence-electron chi connectivity index (χ2n) is 14.1. The van der Waals surface area contributed by atoms with Gasteiger partial charge in [0.2, 0.25) is 0 Å².